The molecule has 0 radical (unpaired) electrons. The first-order valence-electron chi connectivity index (χ1n) is 11.0. The van der Waals surface area contributed by atoms with Gasteiger partial charge in [-0.05, 0) is 34.7 Å². The Morgan fingerprint density at radius 2 is 1.55 bits per heavy atom. The highest BCUT2D eigenvalue weighted by Gasteiger charge is 2.50. The van der Waals surface area contributed by atoms with Crippen LogP contribution < -0.4 is 10.4 Å². The number of aliphatic hydroxyl groups is 1. The minimum Gasteiger partial charge on any atom is -0.463 e. The average Bonchev–Trinajstić information content (AvgIpc) is 2.73. The Labute approximate surface area is 188 Å². The number of ether oxygens (including phenoxy) is 1. The molecule has 0 aliphatic carbocycles. The number of allylic oxidation sites excluding steroid dienone is 1. The van der Waals surface area contributed by atoms with Crippen molar-refractivity contribution >= 4 is 24.7 Å². The van der Waals surface area contributed by atoms with Gasteiger partial charge in [0.2, 0.25) is 0 Å². The van der Waals surface area contributed by atoms with E-state index in [0.29, 0.717) is 13.0 Å². The van der Waals surface area contributed by atoms with E-state index in [2.05, 4.69) is 45.0 Å². The van der Waals surface area contributed by atoms with Crippen LogP contribution in [0.3, 0.4) is 0 Å². The molecule has 2 aromatic carbocycles. The van der Waals surface area contributed by atoms with Crippen LogP contribution in [0.15, 0.2) is 72.8 Å². The lowest BCUT2D eigenvalue weighted by atomic mass is 10.0. The van der Waals surface area contributed by atoms with E-state index < -0.39 is 14.4 Å². The molecule has 0 saturated carbocycles. The third kappa shape index (κ3) is 6.63. The molecule has 4 nitrogen and oxygen atoms in total. The lowest BCUT2D eigenvalue weighted by Gasteiger charge is -2.43. The Hall–Kier alpha value is -2.21. The van der Waals surface area contributed by atoms with E-state index in [1.54, 1.807) is 13.0 Å². The molecule has 0 amide bonds. The Kier molecular flexibility index (Phi) is 9.23. The van der Waals surface area contributed by atoms with Gasteiger partial charge in [-0.25, -0.2) is 4.79 Å². The Morgan fingerprint density at radius 3 is 2.00 bits per heavy atom. The summed E-state index contributed by atoms with van der Waals surface area (Å²) in [5.74, 6) is -0.324. The first kappa shape index (κ1) is 25.1. The molecule has 2 atom stereocenters. The smallest absolute Gasteiger partial charge is 0.330 e. The number of hydrogen-bond donors (Lipinski definition) is 1. The number of aliphatic hydroxyl groups excluding tert-OH is 1. The highest BCUT2D eigenvalue weighted by molar-refractivity contribution is 6.99. The van der Waals surface area contributed by atoms with Crippen molar-refractivity contribution in [3.8, 4) is 0 Å². The van der Waals surface area contributed by atoms with Crippen molar-refractivity contribution in [1.29, 1.82) is 0 Å². The van der Waals surface area contributed by atoms with Crippen molar-refractivity contribution in [2.75, 3.05) is 13.2 Å². The van der Waals surface area contributed by atoms with Gasteiger partial charge < -0.3 is 14.3 Å². The molecule has 1 N–H and O–H groups in total. The number of rotatable bonds is 10. The zero-order chi connectivity index (χ0) is 22.9. The van der Waals surface area contributed by atoms with Crippen LogP contribution in [0.4, 0.5) is 0 Å². The quantitative estimate of drug-likeness (QED) is 0.344. The van der Waals surface area contributed by atoms with E-state index in [0.717, 1.165) is 0 Å². The molecule has 2 aromatic rings. The maximum absolute atomic E-state index is 11.5. The molecule has 0 aliphatic rings. The molecule has 2 rings (SSSR count). The van der Waals surface area contributed by atoms with Crippen molar-refractivity contribution in [2.45, 2.75) is 52.2 Å². The lowest BCUT2D eigenvalue weighted by Crippen LogP contribution is -2.67. The third-order valence-electron chi connectivity index (χ3n) is 5.40. The van der Waals surface area contributed by atoms with Gasteiger partial charge in [-0.2, -0.15) is 0 Å². The van der Waals surface area contributed by atoms with Gasteiger partial charge in [-0.15, -0.1) is 0 Å². The lowest BCUT2D eigenvalue weighted by molar-refractivity contribution is -0.137. The number of esters is 1. The van der Waals surface area contributed by atoms with Gasteiger partial charge in [0.1, 0.15) is 0 Å². The second-order valence-corrected chi connectivity index (χ2v) is 13.3. The van der Waals surface area contributed by atoms with Crippen molar-refractivity contribution < 1.29 is 19.1 Å². The normalized spacial score (nSPS) is 14.4. The summed E-state index contributed by atoms with van der Waals surface area (Å²) in [7, 11) is -2.66. The van der Waals surface area contributed by atoms with E-state index in [4.69, 9.17) is 9.16 Å². The average molecular weight is 441 g/mol. The standard InChI is InChI=1S/C26H36O4Si/c1-6-29-25(28)18-17-21(2)19-22(27)20-30-31(26(3,4)5,23-13-9-7-10-14-23)24-15-11-8-12-16-24/h7-18,21-22,27H,6,19-20H2,1-5H3/b18-17+/t21-,22+/m0/s1. The molecule has 0 aliphatic heterocycles. The molecule has 0 saturated heterocycles. The molecular weight excluding hydrogens is 404 g/mol. The van der Waals surface area contributed by atoms with Crippen molar-refractivity contribution in [2.24, 2.45) is 5.92 Å². The van der Waals surface area contributed by atoms with Crippen LogP contribution >= 0.6 is 0 Å². The highest BCUT2D eigenvalue weighted by Crippen LogP contribution is 2.36. The summed E-state index contributed by atoms with van der Waals surface area (Å²) >= 11 is 0. The molecule has 0 bridgehead atoms. The SMILES string of the molecule is CCOC(=O)/C=C/[C@H](C)C[C@@H](O)CO[Si](c1ccccc1)(c1ccccc1)C(C)(C)C. The zero-order valence-corrected chi connectivity index (χ0v) is 20.4. The van der Waals surface area contributed by atoms with Gasteiger partial charge in [0.25, 0.3) is 8.32 Å². The van der Waals surface area contributed by atoms with Crippen LogP contribution in [-0.2, 0) is 14.0 Å². The van der Waals surface area contributed by atoms with Crippen LogP contribution in [0.1, 0.15) is 41.0 Å². The number of hydrogen-bond acceptors (Lipinski definition) is 4. The summed E-state index contributed by atoms with van der Waals surface area (Å²) in [4.78, 5) is 11.5. The second-order valence-electron chi connectivity index (χ2n) is 8.95. The fraction of sp³-hybridized carbons (Fsp3) is 0.423. The van der Waals surface area contributed by atoms with Gasteiger partial charge >= 0.3 is 5.97 Å². The van der Waals surface area contributed by atoms with E-state index in [1.165, 1.54) is 16.4 Å². The fourth-order valence-corrected chi connectivity index (χ4v) is 8.59. The summed E-state index contributed by atoms with van der Waals surface area (Å²) in [5, 5.41) is 13.0. The molecule has 0 unspecified atom stereocenters. The first-order valence-corrected chi connectivity index (χ1v) is 12.9. The van der Waals surface area contributed by atoms with E-state index in [1.807, 2.05) is 43.3 Å². The highest BCUT2D eigenvalue weighted by atomic mass is 28.4. The number of carbonyl (C=O) groups is 1. The van der Waals surface area contributed by atoms with Crippen LogP contribution in [-0.4, -0.2) is 38.7 Å². The van der Waals surface area contributed by atoms with Crippen LogP contribution in [0, 0.1) is 5.92 Å². The third-order valence-corrected chi connectivity index (χ3v) is 10.4. The monoisotopic (exact) mass is 440 g/mol. The van der Waals surface area contributed by atoms with Crippen LogP contribution in [0.2, 0.25) is 5.04 Å². The Balaban J connectivity index is 2.24. The maximum atomic E-state index is 11.5. The van der Waals surface area contributed by atoms with Crippen molar-refractivity contribution in [1.82, 2.24) is 0 Å². The van der Waals surface area contributed by atoms with Gasteiger partial charge in [0.05, 0.1) is 19.3 Å². The molecular formula is C26H36O4Si. The molecule has 0 fully saturated rings. The fourth-order valence-electron chi connectivity index (χ4n) is 3.99. The Bertz CT molecular complexity index is 788. The van der Waals surface area contributed by atoms with Crippen LogP contribution in [0.25, 0.3) is 0 Å². The van der Waals surface area contributed by atoms with Gasteiger partial charge in [-0.1, -0.05) is 94.4 Å². The largest absolute Gasteiger partial charge is 0.463 e. The minimum atomic E-state index is -2.66. The van der Waals surface area contributed by atoms with Gasteiger partial charge in [0, 0.05) is 6.08 Å². The number of carbonyl (C=O) groups excluding carboxylic acids is 1. The van der Waals surface area contributed by atoms with Crippen molar-refractivity contribution in [3.63, 3.8) is 0 Å². The summed E-state index contributed by atoms with van der Waals surface area (Å²) in [5.41, 5.74) is 0. The Morgan fingerprint density at radius 1 is 1.03 bits per heavy atom. The molecule has 31 heavy (non-hydrogen) atoms. The summed E-state index contributed by atoms with van der Waals surface area (Å²) in [6, 6.07) is 20.8. The summed E-state index contributed by atoms with van der Waals surface area (Å²) < 4.78 is 11.7. The maximum Gasteiger partial charge on any atom is 0.330 e. The summed E-state index contributed by atoms with van der Waals surface area (Å²) in [6.07, 6.45) is 3.09. The molecule has 0 spiro atoms. The molecule has 168 valence electrons. The molecule has 0 aromatic heterocycles. The second kappa shape index (κ2) is 11.4. The zero-order valence-electron chi connectivity index (χ0n) is 19.4. The predicted molar refractivity (Wildman–Crippen MR) is 129 cm³/mol. The first-order chi connectivity index (χ1) is 14.7. The van der Waals surface area contributed by atoms with E-state index in [9.17, 15) is 9.90 Å². The van der Waals surface area contributed by atoms with E-state index in [-0.39, 0.29) is 23.5 Å². The van der Waals surface area contributed by atoms with E-state index >= 15 is 0 Å². The summed E-state index contributed by atoms with van der Waals surface area (Å²) in [6.45, 7) is 11.0. The molecule has 0 heterocycles. The van der Waals surface area contributed by atoms with Crippen LogP contribution in [0.5, 0.6) is 0 Å². The topological polar surface area (TPSA) is 55.8 Å². The van der Waals surface area contributed by atoms with Gasteiger partial charge in [-0.3, -0.25) is 0 Å². The van der Waals surface area contributed by atoms with Crippen molar-refractivity contribution in [3.05, 3.63) is 72.8 Å². The van der Waals surface area contributed by atoms with Gasteiger partial charge in [0.15, 0.2) is 0 Å². The minimum absolute atomic E-state index is 0.0298. The number of benzene rings is 2. The predicted octanol–water partition coefficient (Wildman–Crippen LogP) is 4.07. The molecule has 5 heteroatoms.